The molecule has 3 rings (SSSR count). The summed E-state index contributed by atoms with van der Waals surface area (Å²) in [4.78, 5) is 16.3. The third kappa shape index (κ3) is 4.81. The number of rotatable bonds is 5. The van der Waals surface area contributed by atoms with Gasteiger partial charge in [-0.05, 0) is 25.1 Å². The molecule has 6 nitrogen and oxygen atoms in total. The van der Waals surface area contributed by atoms with Gasteiger partial charge in [-0.2, -0.15) is 13.2 Å². The van der Waals surface area contributed by atoms with Gasteiger partial charge in [0.1, 0.15) is 6.10 Å². The van der Waals surface area contributed by atoms with E-state index in [0.29, 0.717) is 17.1 Å². The summed E-state index contributed by atoms with van der Waals surface area (Å²) in [6.07, 6.45) is -4.59. The summed E-state index contributed by atoms with van der Waals surface area (Å²) in [5, 5.41) is 2.62. The maximum absolute atomic E-state index is 12.5. The molecule has 2 atom stereocenters. The van der Waals surface area contributed by atoms with Crippen molar-refractivity contribution in [1.29, 1.82) is 0 Å². The van der Waals surface area contributed by atoms with Gasteiger partial charge in [0.25, 0.3) is 5.91 Å². The Morgan fingerprint density at radius 1 is 1.19 bits per heavy atom. The number of alkyl halides is 3. The lowest BCUT2D eigenvalue weighted by Crippen LogP contribution is -2.48. The van der Waals surface area contributed by atoms with Gasteiger partial charge in [-0.1, -0.05) is 18.2 Å². The highest BCUT2D eigenvalue weighted by atomic mass is 19.4. The number of ether oxygens (including phenoxy) is 3. The lowest BCUT2D eigenvalue weighted by Gasteiger charge is -2.31. The molecule has 0 radical (unpaired) electrons. The number of fused-ring (bicyclic) bond motifs is 1. The predicted molar refractivity (Wildman–Crippen MR) is 88.6 cm³/mol. The maximum atomic E-state index is 12.5. The molecule has 1 amide bonds. The zero-order valence-corrected chi connectivity index (χ0v) is 14.3. The van der Waals surface area contributed by atoms with Crippen LogP contribution in [0.4, 0.5) is 13.2 Å². The van der Waals surface area contributed by atoms with Gasteiger partial charge in [-0.3, -0.25) is 4.79 Å². The van der Waals surface area contributed by atoms with Crippen molar-refractivity contribution in [3.63, 3.8) is 0 Å². The van der Waals surface area contributed by atoms with Gasteiger partial charge in [0.2, 0.25) is 12.0 Å². The normalized spacial score (nSPS) is 18.7. The van der Waals surface area contributed by atoms with Crippen LogP contribution in [-0.4, -0.2) is 35.9 Å². The molecule has 0 fully saturated rings. The standard InChI is InChI=1S/C18H17F3N2O4/c1-11-15(27-14-7-3-2-6-13(14)26-11)16(24)23-9-12-5-4-8-22-17(12)25-10-18(19,20)21/h2-8,11,15H,9-10H2,1H3,(H,23,24). The highest BCUT2D eigenvalue weighted by Crippen LogP contribution is 2.33. The van der Waals surface area contributed by atoms with Crippen LogP contribution in [0, 0.1) is 0 Å². The van der Waals surface area contributed by atoms with E-state index in [1.54, 1.807) is 37.3 Å². The third-order valence-electron chi connectivity index (χ3n) is 3.78. The average molecular weight is 382 g/mol. The first-order valence-electron chi connectivity index (χ1n) is 8.17. The topological polar surface area (TPSA) is 69.7 Å². The van der Waals surface area contributed by atoms with E-state index in [0.717, 1.165) is 0 Å². The number of pyridine rings is 1. The summed E-state index contributed by atoms with van der Waals surface area (Å²) >= 11 is 0. The van der Waals surface area contributed by atoms with Crippen LogP contribution < -0.4 is 19.5 Å². The number of nitrogens with one attached hydrogen (secondary N) is 1. The third-order valence-corrected chi connectivity index (χ3v) is 3.78. The largest absolute Gasteiger partial charge is 0.482 e. The van der Waals surface area contributed by atoms with Crippen molar-refractivity contribution in [3.05, 3.63) is 48.2 Å². The molecule has 144 valence electrons. The van der Waals surface area contributed by atoms with E-state index in [2.05, 4.69) is 10.3 Å². The summed E-state index contributed by atoms with van der Waals surface area (Å²) in [6.45, 7) is 0.175. The summed E-state index contributed by atoms with van der Waals surface area (Å²) in [7, 11) is 0. The Kier molecular flexibility index (Phi) is 5.38. The molecule has 0 saturated carbocycles. The lowest BCUT2D eigenvalue weighted by atomic mass is 10.1. The van der Waals surface area contributed by atoms with Crippen LogP contribution in [-0.2, 0) is 11.3 Å². The van der Waals surface area contributed by atoms with E-state index in [9.17, 15) is 18.0 Å². The van der Waals surface area contributed by atoms with Gasteiger partial charge in [0.15, 0.2) is 18.1 Å². The van der Waals surface area contributed by atoms with E-state index >= 15 is 0 Å². The second-order valence-electron chi connectivity index (χ2n) is 5.90. The van der Waals surface area contributed by atoms with Gasteiger partial charge in [0, 0.05) is 18.3 Å². The number of aromatic nitrogens is 1. The van der Waals surface area contributed by atoms with Crippen LogP contribution in [0.15, 0.2) is 42.6 Å². The molecule has 2 heterocycles. The Bertz CT molecular complexity index is 813. The van der Waals surface area contributed by atoms with Gasteiger partial charge in [0.05, 0.1) is 0 Å². The van der Waals surface area contributed by atoms with E-state index in [1.807, 2.05) is 0 Å². The first-order valence-corrected chi connectivity index (χ1v) is 8.17. The first-order chi connectivity index (χ1) is 12.8. The first kappa shape index (κ1) is 18.8. The van der Waals surface area contributed by atoms with Gasteiger partial charge in [-0.25, -0.2) is 4.98 Å². The maximum Gasteiger partial charge on any atom is 0.422 e. The number of carbonyl (C=O) groups is 1. The molecule has 2 aromatic rings. The number of hydrogen-bond acceptors (Lipinski definition) is 5. The van der Waals surface area contributed by atoms with Crippen LogP contribution in [0.3, 0.4) is 0 Å². The molecule has 0 bridgehead atoms. The summed E-state index contributed by atoms with van der Waals surface area (Å²) < 4.78 is 53.1. The SMILES string of the molecule is CC1Oc2ccccc2OC1C(=O)NCc1cccnc1OCC(F)(F)F. The number of hydrogen-bond donors (Lipinski definition) is 1. The smallest absolute Gasteiger partial charge is 0.422 e. The summed E-state index contributed by atoms with van der Waals surface area (Å²) in [5.74, 6) is 0.354. The summed E-state index contributed by atoms with van der Waals surface area (Å²) in [5.41, 5.74) is 0.319. The monoisotopic (exact) mass is 382 g/mol. The number of halogens is 3. The van der Waals surface area contributed by atoms with Crippen molar-refractivity contribution in [3.8, 4) is 17.4 Å². The average Bonchev–Trinajstić information content (AvgIpc) is 2.64. The molecule has 1 aliphatic rings. The Labute approximate surface area is 153 Å². The Morgan fingerprint density at radius 2 is 1.89 bits per heavy atom. The van der Waals surface area contributed by atoms with Crippen LogP contribution in [0.5, 0.6) is 17.4 Å². The van der Waals surface area contributed by atoms with Gasteiger partial charge < -0.3 is 19.5 Å². The van der Waals surface area contributed by atoms with Crippen molar-refractivity contribution in [1.82, 2.24) is 10.3 Å². The summed E-state index contributed by atoms with van der Waals surface area (Å²) in [6, 6.07) is 10.0. The highest BCUT2D eigenvalue weighted by Gasteiger charge is 2.34. The Balaban J connectivity index is 1.63. The Hall–Kier alpha value is -2.97. The fourth-order valence-corrected chi connectivity index (χ4v) is 2.53. The number of para-hydroxylation sites is 2. The van der Waals surface area contributed by atoms with Crippen LogP contribution in [0.25, 0.3) is 0 Å². The second-order valence-corrected chi connectivity index (χ2v) is 5.90. The van der Waals surface area contributed by atoms with Gasteiger partial charge >= 0.3 is 6.18 Å². The number of amides is 1. The molecule has 0 spiro atoms. The fraction of sp³-hybridized carbons (Fsp3) is 0.333. The number of nitrogens with zero attached hydrogens (tertiary/aromatic N) is 1. The molecule has 2 unspecified atom stereocenters. The minimum Gasteiger partial charge on any atom is -0.482 e. The van der Waals surface area contributed by atoms with Crippen molar-refractivity contribution >= 4 is 5.91 Å². The molecule has 1 aromatic heterocycles. The van der Waals surface area contributed by atoms with E-state index in [-0.39, 0.29) is 12.4 Å². The molecule has 9 heteroatoms. The van der Waals surface area contributed by atoms with Crippen LogP contribution >= 0.6 is 0 Å². The molecule has 1 aromatic carbocycles. The lowest BCUT2D eigenvalue weighted by molar-refractivity contribution is -0.154. The molecular weight excluding hydrogens is 365 g/mol. The Morgan fingerprint density at radius 3 is 2.59 bits per heavy atom. The number of benzene rings is 1. The molecule has 27 heavy (non-hydrogen) atoms. The number of carbonyl (C=O) groups excluding carboxylic acids is 1. The quantitative estimate of drug-likeness (QED) is 0.861. The minimum atomic E-state index is -4.48. The van der Waals surface area contributed by atoms with Crippen LogP contribution in [0.2, 0.25) is 0 Å². The minimum absolute atomic E-state index is 0.0614. The van der Waals surface area contributed by atoms with E-state index in [4.69, 9.17) is 14.2 Å². The van der Waals surface area contributed by atoms with Crippen molar-refractivity contribution < 1.29 is 32.2 Å². The molecule has 0 aliphatic carbocycles. The molecular formula is C18H17F3N2O4. The van der Waals surface area contributed by atoms with Crippen molar-refractivity contribution in [2.75, 3.05) is 6.61 Å². The second kappa shape index (κ2) is 7.73. The molecule has 1 aliphatic heterocycles. The van der Waals surface area contributed by atoms with Crippen molar-refractivity contribution in [2.45, 2.75) is 31.9 Å². The fourth-order valence-electron chi connectivity index (χ4n) is 2.53. The predicted octanol–water partition coefficient (Wildman–Crippen LogP) is 2.87. The zero-order chi connectivity index (χ0) is 19.4. The zero-order valence-electron chi connectivity index (χ0n) is 14.3. The van der Waals surface area contributed by atoms with Gasteiger partial charge in [-0.15, -0.1) is 0 Å². The van der Waals surface area contributed by atoms with E-state index in [1.165, 1.54) is 12.3 Å². The van der Waals surface area contributed by atoms with Crippen molar-refractivity contribution in [2.24, 2.45) is 0 Å². The molecule has 0 saturated heterocycles. The van der Waals surface area contributed by atoms with E-state index < -0.39 is 30.9 Å². The molecule has 1 N–H and O–H groups in total. The highest BCUT2D eigenvalue weighted by molar-refractivity contribution is 5.82. The van der Waals surface area contributed by atoms with Crippen LogP contribution in [0.1, 0.15) is 12.5 Å².